The molecule has 0 spiro atoms. The highest BCUT2D eigenvalue weighted by Crippen LogP contribution is 2.56. The molecule has 184 valence electrons. The molecule has 1 heterocycles. The fourth-order valence-corrected chi connectivity index (χ4v) is 6.06. The lowest BCUT2D eigenvalue weighted by atomic mass is 9.98. The van der Waals surface area contributed by atoms with Gasteiger partial charge in [0.2, 0.25) is 5.91 Å². The Bertz CT molecular complexity index is 1130. The van der Waals surface area contributed by atoms with Crippen LogP contribution in [0.2, 0.25) is 0 Å². The van der Waals surface area contributed by atoms with E-state index < -0.39 is 47.5 Å². The summed E-state index contributed by atoms with van der Waals surface area (Å²) in [5.74, 6) is -7.75. The molecule has 0 radical (unpaired) electrons. The Balaban J connectivity index is 1.16. The number of rotatable bonds is 6. The van der Waals surface area contributed by atoms with Crippen molar-refractivity contribution >= 4 is 29.7 Å². The van der Waals surface area contributed by atoms with Gasteiger partial charge >= 0.3 is 12.1 Å². The number of halogens is 2. The van der Waals surface area contributed by atoms with Gasteiger partial charge in [-0.05, 0) is 22.3 Å². The van der Waals surface area contributed by atoms with Crippen molar-refractivity contribution in [1.82, 2.24) is 10.2 Å². The Morgan fingerprint density at radius 3 is 2.34 bits per heavy atom. The number of ether oxygens (including phenoxy) is 1. The summed E-state index contributed by atoms with van der Waals surface area (Å²) >= 11 is 1.19. The fraction of sp³-hybridized carbons (Fsp3) is 0.400. The van der Waals surface area contributed by atoms with Gasteiger partial charge in [0, 0.05) is 31.3 Å². The van der Waals surface area contributed by atoms with Crippen LogP contribution in [0.5, 0.6) is 0 Å². The van der Waals surface area contributed by atoms with Gasteiger partial charge in [0.15, 0.2) is 0 Å². The summed E-state index contributed by atoms with van der Waals surface area (Å²) in [6.07, 6.45) is -0.818. The van der Waals surface area contributed by atoms with E-state index in [1.54, 1.807) is 0 Å². The van der Waals surface area contributed by atoms with E-state index in [2.05, 4.69) is 5.32 Å². The molecule has 2 fully saturated rings. The molecular formula is C25H24F2N2O5S. The number of carbonyl (C=O) groups excluding carboxylic acids is 2. The van der Waals surface area contributed by atoms with Crippen LogP contribution in [0.15, 0.2) is 48.5 Å². The first-order valence-electron chi connectivity index (χ1n) is 11.4. The zero-order chi connectivity index (χ0) is 24.7. The van der Waals surface area contributed by atoms with Crippen molar-refractivity contribution in [3.63, 3.8) is 0 Å². The van der Waals surface area contributed by atoms with Crippen LogP contribution in [0.25, 0.3) is 11.1 Å². The van der Waals surface area contributed by atoms with E-state index in [1.807, 2.05) is 48.5 Å². The molecule has 2 aromatic rings. The summed E-state index contributed by atoms with van der Waals surface area (Å²) in [5.41, 5.74) is 4.25. The standard InChI is InChI=1S/C25H24F2N2O5S/c26-25(27)19(21(25)22(30)29-9-10-35-20(12-29)23(31)32)11-28-24(33)34-13-18-16-7-3-1-5-14(16)15-6-2-4-8-17(15)18/h1-8,18-21H,9-13H2,(H,28,33)(H,31,32)/t19-,20?,21-/m0/s1. The van der Waals surface area contributed by atoms with Gasteiger partial charge in [-0.15, -0.1) is 11.8 Å². The van der Waals surface area contributed by atoms with Crippen molar-refractivity contribution in [2.24, 2.45) is 11.8 Å². The van der Waals surface area contributed by atoms with Crippen molar-refractivity contribution in [1.29, 1.82) is 0 Å². The van der Waals surface area contributed by atoms with E-state index >= 15 is 0 Å². The lowest BCUT2D eigenvalue weighted by molar-refractivity contribution is -0.139. The number of hydrogen-bond acceptors (Lipinski definition) is 5. The lowest BCUT2D eigenvalue weighted by Gasteiger charge is -2.30. The van der Waals surface area contributed by atoms with Crippen LogP contribution in [0.1, 0.15) is 17.0 Å². The maximum atomic E-state index is 14.4. The van der Waals surface area contributed by atoms with Crippen LogP contribution >= 0.6 is 11.8 Å². The summed E-state index contributed by atoms with van der Waals surface area (Å²) in [4.78, 5) is 37.4. The normalized spacial score (nSPS) is 24.3. The molecule has 5 rings (SSSR count). The van der Waals surface area contributed by atoms with Gasteiger partial charge in [0.1, 0.15) is 17.8 Å². The van der Waals surface area contributed by atoms with E-state index in [4.69, 9.17) is 9.84 Å². The van der Waals surface area contributed by atoms with Crippen LogP contribution in [-0.2, 0) is 14.3 Å². The zero-order valence-corrected chi connectivity index (χ0v) is 19.5. The summed E-state index contributed by atoms with van der Waals surface area (Å²) in [7, 11) is 0. The van der Waals surface area contributed by atoms with Crippen LogP contribution in [-0.4, -0.2) is 71.1 Å². The quantitative estimate of drug-likeness (QED) is 0.629. The maximum Gasteiger partial charge on any atom is 0.407 e. The third kappa shape index (κ3) is 4.35. The molecular weight excluding hydrogens is 478 g/mol. The molecule has 0 bridgehead atoms. The van der Waals surface area contributed by atoms with Crippen LogP contribution in [0.3, 0.4) is 0 Å². The van der Waals surface area contributed by atoms with Crippen LogP contribution in [0.4, 0.5) is 13.6 Å². The minimum Gasteiger partial charge on any atom is -0.480 e. The number of fused-ring (bicyclic) bond motifs is 3. The van der Waals surface area contributed by atoms with Crippen molar-refractivity contribution < 1.29 is 33.0 Å². The number of hydrogen-bond donors (Lipinski definition) is 2. The van der Waals surface area contributed by atoms with Gasteiger partial charge in [0.25, 0.3) is 5.92 Å². The molecule has 2 N–H and O–H groups in total. The van der Waals surface area contributed by atoms with Gasteiger partial charge in [-0.25, -0.2) is 13.6 Å². The second kappa shape index (κ2) is 9.14. The molecule has 1 aliphatic heterocycles. The molecule has 2 aliphatic carbocycles. The first-order chi connectivity index (χ1) is 16.8. The molecule has 7 nitrogen and oxygen atoms in total. The first kappa shape index (κ1) is 23.6. The molecule has 2 aromatic carbocycles. The van der Waals surface area contributed by atoms with Crippen molar-refractivity contribution in [3.05, 3.63) is 59.7 Å². The highest BCUT2D eigenvalue weighted by atomic mass is 32.2. The maximum absolute atomic E-state index is 14.4. The number of benzene rings is 2. The second-order valence-corrected chi connectivity index (χ2v) is 10.3. The lowest BCUT2D eigenvalue weighted by Crippen LogP contribution is -2.46. The number of amides is 2. The zero-order valence-electron chi connectivity index (χ0n) is 18.7. The average Bonchev–Trinajstić information content (AvgIpc) is 3.26. The minimum atomic E-state index is -3.25. The summed E-state index contributed by atoms with van der Waals surface area (Å²) in [5, 5.41) is 10.7. The summed E-state index contributed by atoms with van der Waals surface area (Å²) in [6, 6.07) is 15.7. The molecule has 10 heteroatoms. The molecule has 1 unspecified atom stereocenters. The number of nitrogens with one attached hydrogen (secondary N) is 1. The molecule has 1 saturated carbocycles. The van der Waals surface area contributed by atoms with E-state index in [0.717, 1.165) is 22.3 Å². The van der Waals surface area contributed by atoms with Gasteiger partial charge < -0.3 is 20.1 Å². The molecule has 0 aromatic heterocycles. The molecule has 2 amide bonds. The molecule has 35 heavy (non-hydrogen) atoms. The Labute approximate surface area is 204 Å². The monoisotopic (exact) mass is 502 g/mol. The number of alkyl halides is 2. The third-order valence-electron chi connectivity index (χ3n) is 6.93. The molecule has 1 saturated heterocycles. The van der Waals surface area contributed by atoms with Crippen molar-refractivity contribution in [3.8, 4) is 11.1 Å². The van der Waals surface area contributed by atoms with E-state index in [1.165, 1.54) is 16.7 Å². The molecule has 3 aliphatic rings. The number of alkyl carbamates (subject to hydrolysis) is 1. The Morgan fingerprint density at radius 1 is 1.09 bits per heavy atom. The Hall–Kier alpha value is -3.14. The topological polar surface area (TPSA) is 95.9 Å². The van der Waals surface area contributed by atoms with Crippen molar-refractivity contribution in [2.45, 2.75) is 17.1 Å². The average molecular weight is 503 g/mol. The van der Waals surface area contributed by atoms with Crippen LogP contribution < -0.4 is 5.32 Å². The summed E-state index contributed by atoms with van der Waals surface area (Å²) < 4.78 is 34.1. The van der Waals surface area contributed by atoms with Crippen molar-refractivity contribution in [2.75, 3.05) is 32.0 Å². The predicted octanol–water partition coefficient (Wildman–Crippen LogP) is 3.44. The first-order valence-corrected chi connectivity index (χ1v) is 12.4. The van der Waals surface area contributed by atoms with E-state index in [9.17, 15) is 23.2 Å². The minimum absolute atomic E-state index is 0.0608. The highest BCUT2D eigenvalue weighted by Gasteiger charge is 2.72. The van der Waals surface area contributed by atoms with Gasteiger partial charge in [0.05, 0.1) is 5.92 Å². The number of carboxylic acid groups (broad SMARTS) is 1. The second-order valence-electron chi connectivity index (χ2n) is 8.95. The summed E-state index contributed by atoms with van der Waals surface area (Å²) in [6.45, 7) is -0.208. The number of nitrogens with zero attached hydrogens (tertiary/aromatic N) is 1. The third-order valence-corrected chi connectivity index (χ3v) is 8.10. The number of carboxylic acids is 1. The predicted molar refractivity (Wildman–Crippen MR) is 125 cm³/mol. The van der Waals surface area contributed by atoms with Gasteiger partial charge in [-0.2, -0.15) is 0 Å². The van der Waals surface area contributed by atoms with E-state index in [0.29, 0.717) is 5.75 Å². The smallest absolute Gasteiger partial charge is 0.407 e. The largest absolute Gasteiger partial charge is 0.480 e. The van der Waals surface area contributed by atoms with Crippen LogP contribution in [0, 0.1) is 11.8 Å². The number of thioether (sulfide) groups is 1. The number of aliphatic carboxylic acids is 1. The SMILES string of the molecule is O=C(NC[C@H]1[C@@H](C(=O)N2CCSC(C(=O)O)C2)C1(F)F)OCC1c2ccccc2-c2ccccc21. The Kier molecular flexibility index (Phi) is 6.16. The molecule has 3 atom stereocenters. The number of carbonyl (C=O) groups is 3. The van der Waals surface area contributed by atoms with Gasteiger partial charge in [-0.3, -0.25) is 9.59 Å². The van der Waals surface area contributed by atoms with Gasteiger partial charge in [-0.1, -0.05) is 48.5 Å². The Morgan fingerprint density at radius 2 is 1.71 bits per heavy atom. The van der Waals surface area contributed by atoms with E-state index in [-0.39, 0.29) is 25.6 Å². The fourth-order valence-electron chi connectivity index (χ4n) is 5.02. The highest BCUT2D eigenvalue weighted by molar-refractivity contribution is 8.00.